The van der Waals surface area contributed by atoms with Crippen LogP contribution in [-0.4, -0.2) is 10.2 Å². The average Bonchev–Trinajstić information content (AvgIpc) is 2.66. The van der Waals surface area contributed by atoms with Crippen LogP contribution in [0.25, 0.3) is 0 Å². The molecule has 1 aromatic carbocycles. The van der Waals surface area contributed by atoms with E-state index >= 15 is 0 Å². The van der Waals surface area contributed by atoms with Gasteiger partial charge in [-0.2, -0.15) is 0 Å². The summed E-state index contributed by atoms with van der Waals surface area (Å²) < 4.78 is 0. The molecule has 0 aliphatic rings. The van der Waals surface area contributed by atoms with Crippen LogP contribution < -0.4 is 0 Å². The first-order valence-corrected chi connectivity index (χ1v) is 11.7. The lowest BCUT2D eigenvalue weighted by Crippen LogP contribution is -2.01. The maximum absolute atomic E-state index is 10.2. The van der Waals surface area contributed by atoms with Crippen molar-refractivity contribution in [3.63, 3.8) is 0 Å². The van der Waals surface area contributed by atoms with E-state index < -0.39 is 0 Å². The predicted octanol–water partition coefficient (Wildman–Crippen LogP) is 8.46. The maximum Gasteiger partial charge on any atom is 0.122 e. The van der Waals surface area contributed by atoms with E-state index in [-0.39, 0.29) is 17.4 Å². The fourth-order valence-corrected chi connectivity index (χ4v) is 4.07. The Morgan fingerprint density at radius 3 is 1.48 bits per heavy atom. The molecule has 0 amide bonds. The third kappa shape index (κ3) is 10.7. The largest absolute Gasteiger partial charge is 0.508 e. The summed E-state index contributed by atoms with van der Waals surface area (Å²) in [7, 11) is 0. The van der Waals surface area contributed by atoms with E-state index in [1.54, 1.807) is 18.2 Å². The summed E-state index contributed by atoms with van der Waals surface area (Å²) in [5.74, 6) is 0.805. The van der Waals surface area contributed by atoms with Crippen molar-refractivity contribution in [3.8, 4) is 11.5 Å². The van der Waals surface area contributed by atoms with Crippen LogP contribution in [0.4, 0.5) is 0 Å². The van der Waals surface area contributed by atoms with E-state index in [2.05, 4.69) is 13.8 Å². The van der Waals surface area contributed by atoms with Gasteiger partial charge in [0.1, 0.15) is 11.5 Å². The highest BCUT2D eigenvalue weighted by molar-refractivity contribution is 5.45. The molecule has 2 N–H and O–H groups in total. The second kappa shape index (κ2) is 15.8. The average molecular weight is 377 g/mol. The molecule has 0 heterocycles. The Hall–Kier alpha value is -1.18. The molecule has 0 saturated heterocycles. The number of aromatic hydroxyl groups is 2. The number of benzene rings is 1. The molecule has 0 aliphatic heterocycles. The van der Waals surface area contributed by atoms with Crippen LogP contribution in [0, 0.1) is 0 Å². The molecule has 1 aromatic rings. The van der Waals surface area contributed by atoms with Crippen molar-refractivity contribution in [1.29, 1.82) is 0 Å². The number of unbranched alkanes of at least 4 members (excludes halogenated alkanes) is 12. The smallest absolute Gasteiger partial charge is 0.122 e. The second-order valence-electron chi connectivity index (χ2n) is 8.23. The van der Waals surface area contributed by atoms with E-state index in [0.717, 1.165) is 31.2 Å². The van der Waals surface area contributed by atoms with Gasteiger partial charge in [0.05, 0.1) is 0 Å². The molecular weight excluding hydrogens is 332 g/mol. The SMILES string of the molecule is CCCCCCCCCCCCCCC(CCCC)c1c(O)cccc1O. The van der Waals surface area contributed by atoms with Crippen LogP contribution >= 0.6 is 0 Å². The summed E-state index contributed by atoms with van der Waals surface area (Å²) in [5, 5.41) is 20.4. The van der Waals surface area contributed by atoms with Crippen LogP contribution in [0.1, 0.15) is 128 Å². The third-order valence-electron chi connectivity index (χ3n) is 5.78. The summed E-state index contributed by atoms with van der Waals surface area (Å²) in [4.78, 5) is 0. The summed E-state index contributed by atoms with van der Waals surface area (Å²) in [6.45, 7) is 4.48. The van der Waals surface area contributed by atoms with Gasteiger partial charge >= 0.3 is 0 Å². The van der Waals surface area contributed by atoms with Gasteiger partial charge in [0.15, 0.2) is 0 Å². The Bertz CT molecular complexity index is 449. The molecule has 0 aliphatic carbocycles. The minimum Gasteiger partial charge on any atom is -0.508 e. The maximum atomic E-state index is 10.2. The predicted molar refractivity (Wildman–Crippen MR) is 118 cm³/mol. The first kappa shape index (κ1) is 23.9. The fourth-order valence-electron chi connectivity index (χ4n) is 4.07. The molecule has 0 radical (unpaired) electrons. The molecule has 2 nitrogen and oxygen atoms in total. The molecule has 2 heteroatoms. The zero-order valence-electron chi connectivity index (χ0n) is 18.0. The lowest BCUT2D eigenvalue weighted by atomic mass is 9.87. The molecule has 27 heavy (non-hydrogen) atoms. The molecule has 0 saturated carbocycles. The van der Waals surface area contributed by atoms with Gasteiger partial charge in [-0.25, -0.2) is 0 Å². The van der Waals surface area contributed by atoms with Crippen molar-refractivity contribution in [2.24, 2.45) is 0 Å². The molecule has 1 rings (SSSR count). The Morgan fingerprint density at radius 2 is 1.00 bits per heavy atom. The monoisotopic (exact) mass is 376 g/mol. The third-order valence-corrected chi connectivity index (χ3v) is 5.78. The van der Waals surface area contributed by atoms with Crippen molar-refractivity contribution < 1.29 is 10.2 Å². The zero-order valence-corrected chi connectivity index (χ0v) is 18.0. The molecule has 1 unspecified atom stereocenters. The van der Waals surface area contributed by atoms with Crippen molar-refractivity contribution >= 4 is 0 Å². The topological polar surface area (TPSA) is 40.5 Å². The number of rotatable bonds is 17. The summed E-state index contributed by atoms with van der Waals surface area (Å²) in [6.07, 6.45) is 20.8. The van der Waals surface area contributed by atoms with E-state index in [0.29, 0.717) is 0 Å². The van der Waals surface area contributed by atoms with Gasteiger partial charge in [-0.3, -0.25) is 0 Å². The van der Waals surface area contributed by atoms with Gasteiger partial charge in [-0.1, -0.05) is 110 Å². The highest BCUT2D eigenvalue weighted by atomic mass is 16.3. The standard InChI is InChI=1S/C25H44O2/c1-3-5-7-8-9-10-11-12-13-14-15-16-19-22(18-6-4-2)25-23(26)20-17-21-24(25)27/h17,20-22,26-27H,3-16,18-19H2,1-2H3. The van der Waals surface area contributed by atoms with Crippen LogP contribution in [0.5, 0.6) is 11.5 Å². The van der Waals surface area contributed by atoms with E-state index in [1.807, 2.05) is 0 Å². The minimum atomic E-state index is 0.259. The van der Waals surface area contributed by atoms with Crippen molar-refractivity contribution in [2.45, 2.75) is 122 Å². The van der Waals surface area contributed by atoms with Crippen LogP contribution in [-0.2, 0) is 0 Å². The molecule has 0 bridgehead atoms. The molecular formula is C25H44O2. The first-order valence-electron chi connectivity index (χ1n) is 11.7. The normalized spacial score (nSPS) is 12.4. The van der Waals surface area contributed by atoms with Gasteiger partial charge in [-0.15, -0.1) is 0 Å². The Morgan fingerprint density at radius 1 is 0.593 bits per heavy atom. The minimum absolute atomic E-state index is 0.259. The summed E-state index contributed by atoms with van der Waals surface area (Å²) >= 11 is 0. The van der Waals surface area contributed by atoms with Crippen LogP contribution in [0.15, 0.2) is 18.2 Å². The molecule has 0 spiro atoms. The lowest BCUT2D eigenvalue weighted by molar-refractivity contribution is 0.410. The lowest BCUT2D eigenvalue weighted by Gasteiger charge is -2.19. The second-order valence-corrected chi connectivity index (χ2v) is 8.23. The summed E-state index contributed by atoms with van der Waals surface area (Å²) in [5.41, 5.74) is 0.772. The first-order chi connectivity index (χ1) is 13.2. The zero-order chi connectivity index (χ0) is 19.7. The van der Waals surface area contributed by atoms with Crippen molar-refractivity contribution in [1.82, 2.24) is 0 Å². The number of phenols is 2. The Labute approximate surface area is 168 Å². The number of hydrogen-bond donors (Lipinski definition) is 2. The van der Waals surface area contributed by atoms with Crippen molar-refractivity contribution in [2.75, 3.05) is 0 Å². The van der Waals surface area contributed by atoms with E-state index in [9.17, 15) is 10.2 Å². The van der Waals surface area contributed by atoms with Crippen LogP contribution in [0.2, 0.25) is 0 Å². The van der Waals surface area contributed by atoms with E-state index in [1.165, 1.54) is 77.0 Å². The highest BCUT2D eigenvalue weighted by Gasteiger charge is 2.18. The van der Waals surface area contributed by atoms with Gasteiger partial charge in [0, 0.05) is 5.56 Å². The fraction of sp³-hybridized carbons (Fsp3) is 0.760. The van der Waals surface area contributed by atoms with Gasteiger partial charge in [-0.05, 0) is 30.9 Å². The molecule has 156 valence electrons. The van der Waals surface area contributed by atoms with Gasteiger partial charge in [0.2, 0.25) is 0 Å². The molecule has 1 atom stereocenters. The Balaban J connectivity index is 2.18. The number of hydrogen-bond acceptors (Lipinski definition) is 2. The van der Waals surface area contributed by atoms with Crippen molar-refractivity contribution in [3.05, 3.63) is 23.8 Å². The van der Waals surface area contributed by atoms with E-state index in [4.69, 9.17) is 0 Å². The molecule has 0 fully saturated rings. The highest BCUT2D eigenvalue weighted by Crippen LogP contribution is 2.39. The van der Waals surface area contributed by atoms with Gasteiger partial charge in [0.25, 0.3) is 0 Å². The Kier molecular flexibility index (Phi) is 14.0. The van der Waals surface area contributed by atoms with Gasteiger partial charge < -0.3 is 10.2 Å². The molecule has 0 aromatic heterocycles. The number of phenolic OH excluding ortho intramolecular Hbond substituents is 2. The quantitative estimate of drug-likeness (QED) is 0.268. The summed E-state index contributed by atoms with van der Waals surface area (Å²) in [6, 6.07) is 5.13. The van der Waals surface area contributed by atoms with Crippen LogP contribution in [0.3, 0.4) is 0 Å².